The molecule has 0 bridgehead atoms. The first kappa shape index (κ1) is 15.6. The molecule has 21 heavy (non-hydrogen) atoms. The summed E-state index contributed by atoms with van der Waals surface area (Å²) in [6.07, 6.45) is -2.47. The van der Waals surface area contributed by atoms with Crippen molar-refractivity contribution in [3.8, 4) is 0 Å². The maximum atomic E-state index is 12.7. The molecule has 116 valence electrons. The standard InChI is InChI=1S/C14H17F3N2O2/c1-2-9-6-7-19(10(8-9)13(20)21)12-5-3-4-11(18-12)14(15,16)17/h3-5,9-10H,2,6-8H2,1H3,(H,20,21). The number of carbonyl (C=O) groups is 1. The normalized spacial score (nSPS) is 23.1. The lowest BCUT2D eigenvalue weighted by Gasteiger charge is -2.37. The summed E-state index contributed by atoms with van der Waals surface area (Å²) in [5, 5.41) is 9.32. The predicted octanol–water partition coefficient (Wildman–Crippen LogP) is 3.18. The Morgan fingerprint density at radius 1 is 1.48 bits per heavy atom. The van der Waals surface area contributed by atoms with Crippen LogP contribution in [-0.4, -0.2) is 28.6 Å². The molecule has 1 aromatic rings. The Labute approximate surface area is 120 Å². The Balaban J connectivity index is 2.29. The first-order valence-electron chi connectivity index (χ1n) is 6.86. The minimum absolute atomic E-state index is 0.0757. The molecule has 0 radical (unpaired) electrons. The van der Waals surface area contributed by atoms with Crippen molar-refractivity contribution in [2.75, 3.05) is 11.4 Å². The number of carboxylic acid groups (broad SMARTS) is 1. The second-order valence-corrected chi connectivity index (χ2v) is 5.22. The van der Waals surface area contributed by atoms with Gasteiger partial charge in [-0.05, 0) is 30.9 Å². The van der Waals surface area contributed by atoms with Crippen LogP contribution in [0.2, 0.25) is 0 Å². The fourth-order valence-corrected chi connectivity index (χ4v) is 2.66. The average Bonchev–Trinajstić information content (AvgIpc) is 2.45. The lowest BCUT2D eigenvalue weighted by molar-refractivity contribution is -0.141. The minimum atomic E-state index is -4.53. The maximum Gasteiger partial charge on any atom is 0.433 e. The van der Waals surface area contributed by atoms with Gasteiger partial charge < -0.3 is 10.0 Å². The first-order valence-corrected chi connectivity index (χ1v) is 6.86. The number of hydrogen-bond donors (Lipinski definition) is 1. The third-order valence-corrected chi connectivity index (χ3v) is 3.89. The molecule has 7 heteroatoms. The van der Waals surface area contributed by atoms with Gasteiger partial charge in [0.1, 0.15) is 17.6 Å². The molecule has 4 nitrogen and oxygen atoms in total. The number of rotatable bonds is 3. The van der Waals surface area contributed by atoms with Crippen LogP contribution >= 0.6 is 0 Å². The molecule has 1 fully saturated rings. The predicted molar refractivity (Wildman–Crippen MR) is 71.0 cm³/mol. The van der Waals surface area contributed by atoms with E-state index >= 15 is 0 Å². The number of aliphatic carboxylic acids is 1. The number of halogens is 3. The van der Waals surface area contributed by atoms with Crippen molar-refractivity contribution in [2.24, 2.45) is 5.92 Å². The molecule has 1 aliphatic heterocycles. The topological polar surface area (TPSA) is 53.4 Å². The van der Waals surface area contributed by atoms with Crippen LogP contribution in [0.15, 0.2) is 18.2 Å². The van der Waals surface area contributed by atoms with E-state index in [1.54, 1.807) is 0 Å². The highest BCUT2D eigenvalue weighted by molar-refractivity contribution is 5.78. The van der Waals surface area contributed by atoms with Crippen LogP contribution in [-0.2, 0) is 11.0 Å². The van der Waals surface area contributed by atoms with Gasteiger partial charge in [0.15, 0.2) is 0 Å². The van der Waals surface area contributed by atoms with Crippen molar-refractivity contribution < 1.29 is 23.1 Å². The molecule has 2 unspecified atom stereocenters. The quantitative estimate of drug-likeness (QED) is 0.931. The number of hydrogen-bond acceptors (Lipinski definition) is 3. The fourth-order valence-electron chi connectivity index (χ4n) is 2.66. The van der Waals surface area contributed by atoms with Crippen molar-refractivity contribution >= 4 is 11.8 Å². The van der Waals surface area contributed by atoms with E-state index in [-0.39, 0.29) is 11.7 Å². The van der Waals surface area contributed by atoms with E-state index in [1.165, 1.54) is 17.0 Å². The molecule has 1 aromatic heterocycles. The monoisotopic (exact) mass is 302 g/mol. The van der Waals surface area contributed by atoms with E-state index < -0.39 is 23.9 Å². The van der Waals surface area contributed by atoms with Crippen molar-refractivity contribution in [1.29, 1.82) is 0 Å². The highest BCUT2D eigenvalue weighted by atomic mass is 19.4. The van der Waals surface area contributed by atoms with Crippen LogP contribution in [0.5, 0.6) is 0 Å². The van der Waals surface area contributed by atoms with Gasteiger partial charge in [0.05, 0.1) is 0 Å². The van der Waals surface area contributed by atoms with E-state index in [2.05, 4.69) is 4.98 Å². The number of pyridine rings is 1. The third kappa shape index (κ3) is 3.46. The smallest absolute Gasteiger partial charge is 0.433 e. The summed E-state index contributed by atoms with van der Waals surface area (Å²) in [5.74, 6) is -0.660. The SMILES string of the molecule is CCC1CCN(c2cccc(C(F)(F)F)n2)C(C(=O)O)C1. The highest BCUT2D eigenvalue weighted by Crippen LogP contribution is 2.32. The third-order valence-electron chi connectivity index (χ3n) is 3.89. The van der Waals surface area contributed by atoms with Crippen molar-refractivity contribution in [3.63, 3.8) is 0 Å². The maximum absolute atomic E-state index is 12.7. The molecule has 0 aromatic carbocycles. The molecule has 0 spiro atoms. The molecule has 2 atom stereocenters. The van der Waals surface area contributed by atoms with Gasteiger partial charge in [-0.15, -0.1) is 0 Å². The van der Waals surface area contributed by atoms with Crippen LogP contribution in [0, 0.1) is 5.92 Å². The number of piperidine rings is 1. The average molecular weight is 302 g/mol. The zero-order valence-corrected chi connectivity index (χ0v) is 11.6. The van der Waals surface area contributed by atoms with Crippen LogP contribution in [0.3, 0.4) is 0 Å². The molecule has 2 heterocycles. The van der Waals surface area contributed by atoms with Gasteiger partial charge in [0, 0.05) is 6.54 Å². The van der Waals surface area contributed by atoms with E-state index in [0.29, 0.717) is 13.0 Å². The van der Waals surface area contributed by atoms with E-state index in [9.17, 15) is 23.1 Å². The number of alkyl halides is 3. The van der Waals surface area contributed by atoms with E-state index in [1.807, 2.05) is 6.92 Å². The Bertz CT molecular complexity index is 519. The van der Waals surface area contributed by atoms with Gasteiger partial charge in [-0.3, -0.25) is 0 Å². The zero-order valence-electron chi connectivity index (χ0n) is 11.6. The Hall–Kier alpha value is -1.79. The van der Waals surface area contributed by atoms with Gasteiger partial charge in [0.2, 0.25) is 0 Å². The highest BCUT2D eigenvalue weighted by Gasteiger charge is 2.36. The summed E-state index contributed by atoms with van der Waals surface area (Å²) in [6.45, 7) is 2.39. The second-order valence-electron chi connectivity index (χ2n) is 5.22. The fraction of sp³-hybridized carbons (Fsp3) is 0.571. The summed E-state index contributed by atoms with van der Waals surface area (Å²) in [6, 6.07) is 2.76. The van der Waals surface area contributed by atoms with Crippen molar-refractivity contribution in [2.45, 2.75) is 38.4 Å². The van der Waals surface area contributed by atoms with E-state index in [0.717, 1.165) is 18.9 Å². The summed E-state index contributed by atoms with van der Waals surface area (Å²) in [4.78, 5) is 16.4. The number of anilines is 1. The lowest BCUT2D eigenvalue weighted by Crippen LogP contribution is -2.47. The molecule has 0 saturated carbocycles. The van der Waals surface area contributed by atoms with Gasteiger partial charge in [-0.2, -0.15) is 13.2 Å². The number of carboxylic acids is 1. The van der Waals surface area contributed by atoms with Gasteiger partial charge in [-0.1, -0.05) is 19.4 Å². The largest absolute Gasteiger partial charge is 0.480 e. The Morgan fingerprint density at radius 2 is 2.19 bits per heavy atom. The number of aromatic nitrogens is 1. The van der Waals surface area contributed by atoms with Crippen LogP contribution in [0.25, 0.3) is 0 Å². The van der Waals surface area contributed by atoms with Crippen molar-refractivity contribution in [1.82, 2.24) is 4.98 Å². The minimum Gasteiger partial charge on any atom is -0.480 e. The molecule has 0 aliphatic carbocycles. The first-order chi connectivity index (χ1) is 9.82. The van der Waals surface area contributed by atoms with Gasteiger partial charge >= 0.3 is 12.1 Å². The van der Waals surface area contributed by atoms with Crippen molar-refractivity contribution in [3.05, 3.63) is 23.9 Å². The Kier molecular flexibility index (Phi) is 4.39. The second kappa shape index (κ2) is 5.91. The van der Waals surface area contributed by atoms with Crippen LogP contribution < -0.4 is 4.90 Å². The summed E-state index contributed by atoms with van der Waals surface area (Å²) in [7, 11) is 0. The lowest BCUT2D eigenvalue weighted by atomic mass is 9.89. The summed E-state index contributed by atoms with van der Waals surface area (Å²) < 4.78 is 38.1. The summed E-state index contributed by atoms with van der Waals surface area (Å²) >= 11 is 0. The molecule has 0 amide bonds. The zero-order chi connectivity index (χ0) is 15.6. The molecule has 1 N–H and O–H groups in total. The molecule has 1 saturated heterocycles. The molecular formula is C14H17F3N2O2. The summed E-state index contributed by atoms with van der Waals surface area (Å²) in [5.41, 5.74) is -0.998. The van der Waals surface area contributed by atoms with Gasteiger partial charge in [-0.25, -0.2) is 9.78 Å². The Morgan fingerprint density at radius 3 is 2.76 bits per heavy atom. The van der Waals surface area contributed by atoms with Gasteiger partial charge in [0.25, 0.3) is 0 Å². The van der Waals surface area contributed by atoms with Crippen LogP contribution in [0.1, 0.15) is 31.9 Å². The molecule has 2 rings (SSSR count). The molecule has 1 aliphatic rings. The number of nitrogens with zero attached hydrogens (tertiary/aromatic N) is 2. The van der Waals surface area contributed by atoms with Crippen LogP contribution in [0.4, 0.5) is 19.0 Å². The molecular weight excluding hydrogens is 285 g/mol. The van der Waals surface area contributed by atoms with E-state index in [4.69, 9.17) is 0 Å².